The third kappa shape index (κ3) is 3.16. The van der Waals surface area contributed by atoms with Crippen LogP contribution in [-0.4, -0.2) is 13.1 Å². The van der Waals surface area contributed by atoms with E-state index in [2.05, 4.69) is 35.0 Å². The molecule has 0 unspecified atom stereocenters. The standard InChI is InChI=1S/C15H16ClNS2/c16-14-4-3-11-5-7-17-8-6-12(11)13(14)10-19-15-2-1-9-18-15/h1-4,9,17H,5-8,10H2. The van der Waals surface area contributed by atoms with E-state index in [1.54, 1.807) is 11.3 Å². The summed E-state index contributed by atoms with van der Waals surface area (Å²) < 4.78 is 1.36. The van der Waals surface area contributed by atoms with Crippen molar-refractivity contribution in [3.63, 3.8) is 0 Å². The van der Waals surface area contributed by atoms with E-state index in [1.807, 2.05) is 11.8 Å². The number of hydrogen-bond acceptors (Lipinski definition) is 3. The fourth-order valence-corrected chi connectivity index (χ4v) is 4.64. The minimum atomic E-state index is 0.921. The quantitative estimate of drug-likeness (QED) is 0.844. The maximum atomic E-state index is 6.42. The van der Waals surface area contributed by atoms with Crippen LogP contribution >= 0.6 is 34.7 Å². The van der Waals surface area contributed by atoms with Crippen molar-refractivity contribution in [2.75, 3.05) is 13.1 Å². The van der Waals surface area contributed by atoms with Crippen molar-refractivity contribution in [1.29, 1.82) is 0 Å². The summed E-state index contributed by atoms with van der Waals surface area (Å²) in [4.78, 5) is 0. The molecule has 0 spiro atoms. The van der Waals surface area contributed by atoms with Gasteiger partial charge in [0.25, 0.3) is 0 Å². The zero-order valence-electron chi connectivity index (χ0n) is 10.6. The van der Waals surface area contributed by atoms with Crippen LogP contribution in [0, 0.1) is 0 Å². The monoisotopic (exact) mass is 309 g/mol. The van der Waals surface area contributed by atoms with E-state index in [9.17, 15) is 0 Å². The predicted molar refractivity (Wildman–Crippen MR) is 85.6 cm³/mol. The average Bonchev–Trinajstić information content (AvgIpc) is 2.82. The first-order valence-electron chi connectivity index (χ1n) is 6.51. The van der Waals surface area contributed by atoms with Crippen molar-refractivity contribution in [1.82, 2.24) is 5.32 Å². The molecule has 0 radical (unpaired) electrons. The van der Waals surface area contributed by atoms with E-state index in [0.29, 0.717) is 0 Å². The molecule has 0 saturated heterocycles. The van der Waals surface area contributed by atoms with Gasteiger partial charge in [0.2, 0.25) is 0 Å². The molecule has 1 aliphatic heterocycles. The molecule has 100 valence electrons. The number of halogens is 1. The molecule has 0 saturated carbocycles. The van der Waals surface area contributed by atoms with Crippen LogP contribution in [0.5, 0.6) is 0 Å². The lowest BCUT2D eigenvalue weighted by molar-refractivity contribution is 0.710. The second-order valence-electron chi connectivity index (χ2n) is 4.63. The van der Waals surface area contributed by atoms with Crippen molar-refractivity contribution in [3.8, 4) is 0 Å². The number of benzene rings is 1. The number of thiophene rings is 1. The minimum Gasteiger partial charge on any atom is -0.316 e. The topological polar surface area (TPSA) is 12.0 Å². The number of rotatable bonds is 3. The van der Waals surface area contributed by atoms with Crippen LogP contribution in [-0.2, 0) is 18.6 Å². The molecular weight excluding hydrogens is 294 g/mol. The van der Waals surface area contributed by atoms with Crippen molar-refractivity contribution in [2.24, 2.45) is 0 Å². The molecule has 19 heavy (non-hydrogen) atoms. The second-order valence-corrected chi connectivity index (χ2v) is 7.26. The normalized spacial score (nSPS) is 15.0. The lowest BCUT2D eigenvalue weighted by Crippen LogP contribution is -2.16. The zero-order chi connectivity index (χ0) is 13.1. The minimum absolute atomic E-state index is 0.921. The lowest BCUT2D eigenvalue weighted by Gasteiger charge is -2.13. The number of hydrogen-bond donors (Lipinski definition) is 1. The Labute approximate surface area is 127 Å². The van der Waals surface area contributed by atoms with Gasteiger partial charge >= 0.3 is 0 Å². The number of fused-ring (bicyclic) bond motifs is 1. The Bertz CT molecular complexity index is 552. The van der Waals surface area contributed by atoms with Crippen LogP contribution in [0.25, 0.3) is 0 Å². The van der Waals surface area contributed by atoms with Gasteiger partial charge in [-0.2, -0.15) is 0 Å². The molecule has 0 atom stereocenters. The molecule has 0 bridgehead atoms. The van der Waals surface area contributed by atoms with Gasteiger partial charge in [-0.05, 0) is 60.1 Å². The Morgan fingerprint density at radius 2 is 2.11 bits per heavy atom. The van der Waals surface area contributed by atoms with Crippen LogP contribution in [0.2, 0.25) is 5.02 Å². The summed E-state index contributed by atoms with van der Waals surface area (Å²) in [5.41, 5.74) is 4.28. The van der Waals surface area contributed by atoms with Crippen molar-refractivity contribution >= 4 is 34.7 Å². The van der Waals surface area contributed by atoms with Gasteiger partial charge in [0.05, 0.1) is 4.21 Å². The molecule has 1 nitrogen and oxygen atoms in total. The number of nitrogens with one attached hydrogen (secondary N) is 1. The van der Waals surface area contributed by atoms with Gasteiger partial charge in [0, 0.05) is 10.8 Å². The molecule has 3 rings (SSSR count). The van der Waals surface area contributed by atoms with E-state index < -0.39 is 0 Å². The summed E-state index contributed by atoms with van der Waals surface area (Å²) in [7, 11) is 0. The largest absolute Gasteiger partial charge is 0.316 e. The fraction of sp³-hybridized carbons (Fsp3) is 0.333. The molecule has 0 amide bonds. The summed E-state index contributed by atoms with van der Waals surface area (Å²) in [5.74, 6) is 0.975. The summed E-state index contributed by atoms with van der Waals surface area (Å²) >= 11 is 10.1. The molecule has 0 aliphatic carbocycles. The third-order valence-corrected chi connectivity index (χ3v) is 5.96. The Morgan fingerprint density at radius 3 is 2.95 bits per heavy atom. The van der Waals surface area contributed by atoms with Crippen LogP contribution < -0.4 is 5.32 Å². The molecule has 0 fully saturated rings. The summed E-state index contributed by atoms with van der Waals surface area (Å²) in [5, 5.41) is 6.51. The Morgan fingerprint density at radius 1 is 1.21 bits per heavy atom. The highest BCUT2D eigenvalue weighted by Crippen LogP contribution is 2.33. The maximum Gasteiger partial charge on any atom is 0.0601 e. The lowest BCUT2D eigenvalue weighted by atomic mass is 9.98. The Balaban J connectivity index is 1.86. The maximum absolute atomic E-state index is 6.42. The van der Waals surface area contributed by atoms with Gasteiger partial charge < -0.3 is 5.32 Å². The van der Waals surface area contributed by atoms with Gasteiger partial charge in [0.15, 0.2) is 0 Å². The first-order chi connectivity index (χ1) is 9.34. The van der Waals surface area contributed by atoms with Crippen molar-refractivity contribution in [3.05, 3.63) is 51.4 Å². The molecule has 1 aliphatic rings. The third-order valence-electron chi connectivity index (χ3n) is 3.45. The van der Waals surface area contributed by atoms with E-state index in [1.165, 1.54) is 20.9 Å². The molecule has 1 aromatic carbocycles. The van der Waals surface area contributed by atoms with Crippen LogP contribution in [0.4, 0.5) is 0 Å². The fourth-order valence-electron chi connectivity index (χ4n) is 2.46. The SMILES string of the molecule is Clc1ccc2c(c1CSc1cccs1)CCNCC2. The molecule has 2 heterocycles. The summed E-state index contributed by atoms with van der Waals surface area (Å²) in [6.45, 7) is 2.14. The average molecular weight is 310 g/mol. The van der Waals surface area contributed by atoms with Gasteiger partial charge in [-0.1, -0.05) is 23.7 Å². The van der Waals surface area contributed by atoms with Crippen LogP contribution in [0.3, 0.4) is 0 Å². The van der Waals surface area contributed by atoms with Crippen LogP contribution in [0.15, 0.2) is 33.9 Å². The summed E-state index contributed by atoms with van der Waals surface area (Å²) in [6, 6.07) is 8.54. The summed E-state index contributed by atoms with van der Waals surface area (Å²) in [6.07, 6.45) is 2.21. The predicted octanol–water partition coefficient (Wildman–Crippen LogP) is 4.38. The van der Waals surface area contributed by atoms with Crippen molar-refractivity contribution < 1.29 is 0 Å². The molecule has 1 N–H and O–H groups in total. The van der Waals surface area contributed by atoms with Gasteiger partial charge in [-0.15, -0.1) is 23.1 Å². The van der Waals surface area contributed by atoms with E-state index in [0.717, 1.165) is 36.7 Å². The molecular formula is C15H16ClNS2. The van der Waals surface area contributed by atoms with Crippen LogP contribution in [0.1, 0.15) is 16.7 Å². The molecule has 1 aromatic heterocycles. The van der Waals surface area contributed by atoms with Gasteiger partial charge in [0.1, 0.15) is 0 Å². The van der Waals surface area contributed by atoms with E-state index >= 15 is 0 Å². The van der Waals surface area contributed by atoms with Gasteiger partial charge in [-0.3, -0.25) is 0 Å². The van der Waals surface area contributed by atoms with E-state index in [-0.39, 0.29) is 0 Å². The Hall–Kier alpha value is -0.480. The Kier molecular flexibility index (Phi) is 4.49. The first kappa shape index (κ1) is 13.5. The smallest absolute Gasteiger partial charge is 0.0601 e. The van der Waals surface area contributed by atoms with Gasteiger partial charge in [-0.25, -0.2) is 0 Å². The van der Waals surface area contributed by atoms with Crippen molar-refractivity contribution in [2.45, 2.75) is 22.8 Å². The number of thioether (sulfide) groups is 1. The molecule has 2 aromatic rings. The zero-order valence-corrected chi connectivity index (χ0v) is 13.0. The first-order valence-corrected chi connectivity index (χ1v) is 8.75. The molecule has 4 heteroatoms. The second kappa shape index (κ2) is 6.31. The van der Waals surface area contributed by atoms with E-state index in [4.69, 9.17) is 11.6 Å². The highest BCUT2D eigenvalue weighted by atomic mass is 35.5. The highest BCUT2D eigenvalue weighted by molar-refractivity contribution is 8.00. The highest BCUT2D eigenvalue weighted by Gasteiger charge is 2.14.